The molecule has 0 aromatic heterocycles. The first-order valence-corrected chi connectivity index (χ1v) is 5.94. The van der Waals surface area contributed by atoms with Gasteiger partial charge in [0.25, 0.3) is 0 Å². The molecule has 0 aromatic rings. The molecule has 3 heteroatoms. The van der Waals surface area contributed by atoms with Crippen molar-refractivity contribution in [2.45, 2.75) is 58.1 Å². The second-order valence-electron chi connectivity index (χ2n) is 6.35. The van der Waals surface area contributed by atoms with E-state index in [2.05, 4.69) is 11.9 Å². The van der Waals surface area contributed by atoms with Crippen molar-refractivity contribution in [1.82, 2.24) is 5.32 Å². The number of carbonyl (C=O) groups excluding carboxylic acids is 1. The fraction of sp³-hybridized carbons (Fsp3) is 0.769. The zero-order valence-electron chi connectivity index (χ0n) is 10.4. The van der Waals surface area contributed by atoms with Crippen LogP contribution in [0.4, 0.5) is 4.79 Å². The zero-order chi connectivity index (χ0) is 12.0. The lowest BCUT2D eigenvalue weighted by Gasteiger charge is -2.55. The van der Waals surface area contributed by atoms with Crippen LogP contribution < -0.4 is 5.32 Å². The normalized spacial score (nSPS) is 23.6. The van der Waals surface area contributed by atoms with Crippen LogP contribution in [0, 0.1) is 5.41 Å². The number of nitrogens with one attached hydrogen (secondary N) is 1. The summed E-state index contributed by atoms with van der Waals surface area (Å²) in [5.74, 6) is 0. The average molecular weight is 223 g/mol. The first kappa shape index (κ1) is 11.5. The molecule has 2 fully saturated rings. The van der Waals surface area contributed by atoms with Gasteiger partial charge in [0.15, 0.2) is 0 Å². The molecule has 90 valence electrons. The van der Waals surface area contributed by atoms with Gasteiger partial charge in [0.2, 0.25) is 0 Å². The second kappa shape index (κ2) is 3.51. The zero-order valence-corrected chi connectivity index (χ0v) is 10.4. The van der Waals surface area contributed by atoms with E-state index in [1.54, 1.807) is 0 Å². The lowest BCUT2D eigenvalue weighted by molar-refractivity contribution is 0.0171. The molecule has 0 bridgehead atoms. The van der Waals surface area contributed by atoms with Gasteiger partial charge in [0, 0.05) is 6.04 Å². The molecule has 0 heterocycles. The Labute approximate surface area is 97.2 Å². The highest BCUT2D eigenvalue weighted by atomic mass is 16.6. The van der Waals surface area contributed by atoms with E-state index in [0.717, 1.165) is 25.7 Å². The summed E-state index contributed by atoms with van der Waals surface area (Å²) >= 11 is 0. The minimum absolute atomic E-state index is 0.287. The van der Waals surface area contributed by atoms with E-state index in [-0.39, 0.29) is 6.09 Å². The maximum absolute atomic E-state index is 11.5. The number of hydrogen-bond acceptors (Lipinski definition) is 2. The standard InChI is InChI=1S/C13H21NO2/c1-9-5-13(6-9)7-10(8-13)14-11(15)16-12(2,3)4/h10H,1,5-8H2,2-4H3,(H,14,15). The summed E-state index contributed by atoms with van der Waals surface area (Å²) < 4.78 is 5.22. The van der Waals surface area contributed by atoms with Gasteiger partial charge in [-0.05, 0) is 51.9 Å². The van der Waals surface area contributed by atoms with Crippen molar-refractivity contribution < 1.29 is 9.53 Å². The summed E-state index contributed by atoms with van der Waals surface area (Å²) in [5.41, 5.74) is 1.43. The Balaban J connectivity index is 1.70. The van der Waals surface area contributed by atoms with Crippen molar-refractivity contribution >= 4 is 6.09 Å². The van der Waals surface area contributed by atoms with E-state index in [0.29, 0.717) is 11.5 Å². The lowest BCUT2D eigenvalue weighted by Crippen LogP contribution is -2.54. The number of hydrogen-bond donors (Lipinski definition) is 1. The highest BCUT2D eigenvalue weighted by molar-refractivity contribution is 5.68. The number of carbonyl (C=O) groups is 1. The molecule has 0 radical (unpaired) electrons. The van der Waals surface area contributed by atoms with Gasteiger partial charge in [-0.15, -0.1) is 0 Å². The molecule has 1 amide bonds. The van der Waals surface area contributed by atoms with Gasteiger partial charge in [-0.1, -0.05) is 12.2 Å². The van der Waals surface area contributed by atoms with Crippen LogP contribution in [-0.4, -0.2) is 17.7 Å². The molecule has 0 unspecified atom stereocenters. The molecule has 2 saturated carbocycles. The SMILES string of the molecule is C=C1CC2(C1)CC(NC(=O)OC(C)(C)C)C2. The molecule has 2 rings (SSSR count). The lowest BCUT2D eigenvalue weighted by atomic mass is 9.52. The monoisotopic (exact) mass is 223 g/mol. The Morgan fingerprint density at radius 1 is 1.44 bits per heavy atom. The third-order valence-electron chi connectivity index (χ3n) is 3.33. The van der Waals surface area contributed by atoms with Crippen molar-refractivity contribution in [3.05, 3.63) is 12.2 Å². The van der Waals surface area contributed by atoms with Crippen LogP contribution in [0.5, 0.6) is 0 Å². The Kier molecular flexibility index (Phi) is 2.52. The molecule has 2 aliphatic rings. The van der Waals surface area contributed by atoms with Gasteiger partial charge in [0.1, 0.15) is 5.60 Å². The Morgan fingerprint density at radius 3 is 2.44 bits per heavy atom. The van der Waals surface area contributed by atoms with Crippen molar-refractivity contribution in [1.29, 1.82) is 0 Å². The number of amides is 1. The maximum atomic E-state index is 11.5. The molecule has 2 aliphatic carbocycles. The largest absolute Gasteiger partial charge is 0.444 e. The molecule has 1 N–H and O–H groups in total. The highest BCUT2D eigenvalue weighted by Crippen LogP contribution is 2.57. The second-order valence-corrected chi connectivity index (χ2v) is 6.35. The molecule has 1 spiro atoms. The van der Waals surface area contributed by atoms with E-state index in [4.69, 9.17) is 4.74 Å². The fourth-order valence-corrected chi connectivity index (χ4v) is 2.86. The molecular formula is C13H21NO2. The van der Waals surface area contributed by atoms with Gasteiger partial charge in [-0.2, -0.15) is 0 Å². The first-order valence-electron chi connectivity index (χ1n) is 5.94. The van der Waals surface area contributed by atoms with Gasteiger partial charge >= 0.3 is 6.09 Å². The van der Waals surface area contributed by atoms with E-state index < -0.39 is 5.60 Å². The summed E-state index contributed by atoms with van der Waals surface area (Å²) in [7, 11) is 0. The van der Waals surface area contributed by atoms with Crippen molar-refractivity contribution in [2.75, 3.05) is 0 Å². The van der Waals surface area contributed by atoms with Crippen LogP contribution in [0.3, 0.4) is 0 Å². The Bertz CT molecular complexity index is 311. The number of alkyl carbamates (subject to hydrolysis) is 1. The fourth-order valence-electron chi connectivity index (χ4n) is 2.86. The molecule has 0 saturated heterocycles. The summed E-state index contributed by atoms with van der Waals surface area (Å²) in [6, 6.07) is 0.308. The Hall–Kier alpha value is -0.990. The molecule has 0 aromatic carbocycles. The summed E-state index contributed by atoms with van der Waals surface area (Å²) in [6.07, 6.45) is 4.20. The van der Waals surface area contributed by atoms with E-state index in [1.165, 1.54) is 5.57 Å². The smallest absolute Gasteiger partial charge is 0.407 e. The summed E-state index contributed by atoms with van der Waals surface area (Å²) in [4.78, 5) is 11.5. The quantitative estimate of drug-likeness (QED) is 0.694. The molecular weight excluding hydrogens is 202 g/mol. The van der Waals surface area contributed by atoms with Crippen LogP contribution in [0.25, 0.3) is 0 Å². The van der Waals surface area contributed by atoms with E-state index >= 15 is 0 Å². The maximum Gasteiger partial charge on any atom is 0.407 e. The molecule has 0 atom stereocenters. The number of allylic oxidation sites excluding steroid dienone is 1. The van der Waals surface area contributed by atoms with Gasteiger partial charge < -0.3 is 10.1 Å². The predicted molar refractivity (Wildman–Crippen MR) is 63.2 cm³/mol. The first-order chi connectivity index (χ1) is 7.28. The minimum atomic E-state index is -0.406. The summed E-state index contributed by atoms with van der Waals surface area (Å²) in [6.45, 7) is 9.60. The highest BCUT2D eigenvalue weighted by Gasteiger charge is 2.50. The van der Waals surface area contributed by atoms with Crippen molar-refractivity contribution in [3.8, 4) is 0 Å². The van der Waals surface area contributed by atoms with Crippen molar-refractivity contribution in [2.24, 2.45) is 5.41 Å². The Morgan fingerprint density at radius 2 is 2.00 bits per heavy atom. The van der Waals surface area contributed by atoms with Crippen LogP contribution in [0.15, 0.2) is 12.2 Å². The summed E-state index contributed by atoms with van der Waals surface area (Å²) in [5, 5.41) is 2.92. The number of rotatable bonds is 1. The molecule has 3 nitrogen and oxygen atoms in total. The van der Waals surface area contributed by atoms with Crippen LogP contribution in [-0.2, 0) is 4.74 Å². The van der Waals surface area contributed by atoms with Gasteiger partial charge in [-0.25, -0.2) is 4.79 Å². The van der Waals surface area contributed by atoms with Gasteiger partial charge in [-0.3, -0.25) is 0 Å². The minimum Gasteiger partial charge on any atom is -0.444 e. The third kappa shape index (κ3) is 2.39. The molecule has 0 aliphatic heterocycles. The topological polar surface area (TPSA) is 38.3 Å². The van der Waals surface area contributed by atoms with Gasteiger partial charge in [0.05, 0.1) is 0 Å². The van der Waals surface area contributed by atoms with Crippen LogP contribution in [0.1, 0.15) is 46.5 Å². The van der Waals surface area contributed by atoms with E-state index in [1.807, 2.05) is 20.8 Å². The predicted octanol–water partition coefficient (Wildman–Crippen LogP) is 3.01. The number of ether oxygens (including phenoxy) is 1. The van der Waals surface area contributed by atoms with Crippen molar-refractivity contribution in [3.63, 3.8) is 0 Å². The van der Waals surface area contributed by atoms with Crippen LogP contribution >= 0.6 is 0 Å². The third-order valence-corrected chi connectivity index (χ3v) is 3.33. The average Bonchev–Trinajstić information content (AvgIpc) is 1.93. The molecule has 16 heavy (non-hydrogen) atoms. The van der Waals surface area contributed by atoms with E-state index in [9.17, 15) is 4.79 Å². The van der Waals surface area contributed by atoms with Crippen LogP contribution in [0.2, 0.25) is 0 Å².